The molecule has 3 N–H and O–H groups in total. The Bertz CT molecular complexity index is 1420. The van der Waals surface area contributed by atoms with Gasteiger partial charge in [0.1, 0.15) is 19.3 Å². The highest BCUT2D eigenvalue weighted by molar-refractivity contribution is 7.47. The summed E-state index contributed by atoms with van der Waals surface area (Å²) in [5.41, 5.74) is 0. The summed E-state index contributed by atoms with van der Waals surface area (Å²) < 4.78 is 67.1. The highest BCUT2D eigenvalue weighted by atomic mass is 31.2. The Balaban J connectivity index is 5.18. The number of carbonyl (C=O) groups is 4. The van der Waals surface area contributed by atoms with E-state index in [9.17, 15) is 43.2 Å². The maximum absolute atomic E-state index is 12.8. The molecule has 0 amide bonds. The van der Waals surface area contributed by atoms with Crippen LogP contribution in [-0.4, -0.2) is 96.7 Å². The fourth-order valence-corrected chi connectivity index (χ4v) is 9.04. The van der Waals surface area contributed by atoms with E-state index in [0.717, 1.165) is 109 Å². The number of phosphoric ester groups is 2. The molecule has 0 aliphatic heterocycles. The number of rotatable bonds is 52. The van der Waals surface area contributed by atoms with Crippen LogP contribution >= 0.6 is 15.6 Å². The van der Waals surface area contributed by atoms with Crippen LogP contribution in [0.1, 0.15) is 247 Å². The first-order chi connectivity index (χ1) is 34.0. The van der Waals surface area contributed by atoms with Crippen LogP contribution in [0.5, 0.6) is 0 Å². The minimum Gasteiger partial charge on any atom is -0.462 e. The van der Waals surface area contributed by atoms with Gasteiger partial charge in [-0.1, -0.05) is 195 Å². The number of hydrogen-bond acceptors (Lipinski definition) is 15. The quantitative estimate of drug-likeness (QED) is 0.0222. The highest BCUT2D eigenvalue weighted by Gasteiger charge is 2.30. The highest BCUT2D eigenvalue weighted by Crippen LogP contribution is 2.45. The van der Waals surface area contributed by atoms with Gasteiger partial charge in [-0.2, -0.15) is 0 Å². The average molecular weight is 1060 g/mol. The molecule has 0 aromatic heterocycles. The molecule has 0 rings (SSSR count). The van der Waals surface area contributed by atoms with Gasteiger partial charge >= 0.3 is 39.5 Å². The molecule has 5 atom stereocenters. The number of ether oxygens (including phenoxy) is 4. The van der Waals surface area contributed by atoms with Crippen LogP contribution < -0.4 is 0 Å². The lowest BCUT2D eigenvalue weighted by Gasteiger charge is -2.21. The zero-order valence-electron chi connectivity index (χ0n) is 44.8. The van der Waals surface area contributed by atoms with Crippen LogP contribution in [0.15, 0.2) is 0 Å². The Morgan fingerprint density at radius 3 is 0.958 bits per heavy atom. The van der Waals surface area contributed by atoms with Crippen molar-refractivity contribution in [2.75, 3.05) is 39.6 Å². The number of aliphatic hydroxyl groups excluding tert-OH is 1. The topological polar surface area (TPSA) is 237 Å². The molecule has 0 aromatic carbocycles. The van der Waals surface area contributed by atoms with Gasteiger partial charge in [-0.25, -0.2) is 9.13 Å². The van der Waals surface area contributed by atoms with Gasteiger partial charge in [0, 0.05) is 25.7 Å². The van der Waals surface area contributed by atoms with Crippen LogP contribution in [-0.2, 0) is 65.4 Å². The van der Waals surface area contributed by atoms with Crippen LogP contribution in [0.2, 0.25) is 0 Å². The Kier molecular flexibility index (Phi) is 45.3. The second-order valence-electron chi connectivity index (χ2n) is 19.4. The molecule has 0 aromatic rings. The summed E-state index contributed by atoms with van der Waals surface area (Å²) in [6, 6.07) is 0. The molecule has 0 heterocycles. The number of phosphoric acid groups is 2. The molecule has 2 unspecified atom stereocenters. The first kappa shape index (κ1) is 69.1. The maximum atomic E-state index is 12.8. The van der Waals surface area contributed by atoms with Gasteiger partial charge in [0.25, 0.3) is 0 Å². The molecule has 0 fully saturated rings. The van der Waals surface area contributed by atoms with Crippen molar-refractivity contribution in [1.82, 2.24) is 0 Å². The zero-order chi connectivity index (χ0) is 52.9. The molecule has 17 nitrogen and oxygen atoms in total. The Labute approximate surface area is 428 Å². The van der Waals surface area contributed by atoms with Crippen LogP contribution in [0.3, 0.4) is 0 Å². The molecule has 19 heteroatoms. The van der Waals surface area contributed by atoms with Crippen molar-refractivity contribution in [3.05, 3.63) is 0 Å². The number of esters is 4. The van der Waals surface area contributed by atoms with Crippen molar-refractivity contribution in [3.63, 3.8) is 0 Å². The van der Waals surface area contributed by atoms with Crippen molar-refractivity contribution in [2.24, 2.45) is 5.92 Å². The number of carbonyl (C=O) groups excluding carboxylic acids is 4. The normalized spacial score (nSPS) is 14.6. The van der Waals surface area contributed by atoms with Gasteiger partial charge < -0.3 is 33.8 Å². The molecular formula is C52H100O17P2. The molecule has 0 saturated heterocycles. The Morgan fingerprint density at radius 1 is 0.380 bits per heavy atom. The van der Waals surface area contributed by atoms with Crippen LogP contribution in [0, 0.1) is 5.92 Å². The van der Waals surface area contributed by atoms with Gasteiger partial charge in [-0.15, -0.1) is 0 Å². The van der Waals surface area contributed by atoms with Gasteiger partial charge in [0.15, 0.2) is 12.2 Å². The van der Waals surface area contributed by atoms with Gasteiger partial charge in [-0.3, -0.25) is 37.3 Å². The lowest BCUT2D eigenvalue weighted by Crippen LogP contribution is -2.30. The predicted octanol–water partition coefficient (Wildman–Crippen LogP) is 13.1. The van der Waals surface area contributed by atoms with Gasteiger partial charge in [-0.05, 0) is 31.6 Å². The summed E-state index contributed by atoms with van der Waals surface area (Å²) in [5, 5.41) is 10.4. The van der Waals surface area contributed by atoms with Gasteiger partial charge in [0.05, 0.1) is 26.4 Å². The molecule has 71 heavy (non-hydrogen) atoms. The number of aliphatic hydroxyl groups is 1. The van der Waals surface area contributed by atoms with E-state index in [-0.39, 0.29) is 25.7 Å². The molecule has 0 radical (unpaired) electrons. The Hall–Kier alpha value is -1.94. The third-order valence-electron chi connectivity index (χ3n) is 11.8. The molecule has 420 valence electrons. The largest absolute Gasteiger partial charge is 0.472 e. The molecular weight excluding hydrogens is 959 g/mol. The minimum absolute atomic E-state index is 0.103. The summed E-state index contributed by atoms with van der Waals surface area (Å²) in [5.74, 6) is -1.47. The Morgan fingerprint density at radius 2 is 0.648 bits per heavy atom. The summed E-state index contributed by atoms with van der Waals surface area (Å²) >= 11 is 0. The third-order valence-corrected chi connectivity index (χ3v) is 13.7. The van der Waals surface area contributed by atoms with E-state index in [1.807, 2.05) is 0 Å². The molecule has 0 aliphatic carbocycles. The average Bonchev–Trinajstić information content (AvgIpc) is 3.33. The minimum atomic E-state index is -4.93. The smallest absolute Gasteiger partial charge is 0.462 e. The first-order valence-corrected chi connectivity index (χ1v) is 30.6. The SMILES string of the molecule is CCCCCCCCCCC(=O)OC[C@H](COP(=O)(O)OC[C@@H](O)COP(=O)(O)OC[C@@H](COC(=O)CCCCCCC)OC(=O)CCCCCCCCCC)OC(=O)CCCCCCCCCC(C)C. The lowest BCUT2D eigenvalue weighted by molar-refractivity contribution is -0.161. The van der Waals surface area contributed by atoms with E-state index >= 15 is 0 Å². The summed E-state index contributed by atoms with van der Waals surface area (Å²) in [6.07, 6.45) is 25.8. The zero-order valence-corrected chi connectivity index (χ0v) is 46.6. The molecule has 0 bridgehead atoms. The van der Waals surface area contributed by atoms with Crippen molar-refractivity contribution in [3.8, 4) is 0 Å². The fourth-order valence-electron chi connectivity index (χ4n) is 7.46. The third kappa shape index (κ3) is 47.5. The van der Waals surface area contributed by atoms with E-state index in [0.29, 0.717) is 31.6 Å². The monoisotopic (exact) mass is 1060 g/mol. The molecule has 0 spiro atoms. The number of unbranched alkanes of at least 4 members (excludes halogenated alkanes) is 24. The number of hydrogen-bond donors (Lipinski definition) is 3. The summed E-state index contributed by atoms with van der Waals surface area (Å²) in [6.45, 7) is 6.89. The predicted molar refractivity (Wildman–Crippen MR) is 275 cm³/mol. The molecule has 0 aliphatic rings. The standard InChI is InChI=1S/C52H100O17P2/c1-6-9-12-15-17-21-26-31-36-50(55)63-42-48(69-52(57)38-33-28-23-19-20-25-29-34-45(4)5)44-67-71(60,61)65-40-46(53)39-64-70(58,59)66-43-47(41-62-49(54)35-30-24-14-11-8-3)68-51(56)37-32-27-22-18-16-13-10-7-2/h45-48,53H,6-44H2,1-5H3,(H,58,59)(H,60,61)/t46-,47+,48+/m0/s1. The van der Waals surface area contributed by atoms with Crippen LogP contribution in [0.4, 0.5) is 0 Å². The van der Waals surface area contributed by atoms with Crippen molar-refractivity contribution >= 4 is 39.5 Å². The second-order valence-corrected chi connectivity index (χ2v) is 22.3. The fraction of sp³-hybridized carbons (Fsp3) is 0.923. The maximum Gasteiger partial charge on any atom is 0.472 e. The summed E-state index contributed by atoms with van der Waals surface area (Å²) in [4.78, 5) is 71.2. The lowest BCUT2D eigenvalue weighted by atomic mass is 10.0. The second kappa shape index (κ2) is 46.6. The van der Waals surface area contributed by atoms with Crippen molar-refractivity contribution < 1.29 is 80.2 Å². The molecule has 0 saturated carbocycles. The van der Waals surface area contributed by atoms with Crippen molar-refractivity contribution in [1.29, 1.82) is 0 Å². The van der Waals surface area contributed by atoms with E-state index in [2.05, 4.69) is 34.6 Å². The van der Waals surface area contributed by atoms with Gasteiger partial charge in [0.2, 0.25) is 0 Å². The van der Waals surface area contributed by atoms with E-state index in [1.165, 1.54) is 51.4 Å². The van der Waals surface area contributed by atoms with E-state index in [1.54, 1.807) is 0 Å². The first-order valence-electron chi connectivity index (χ1n) is 27.6. The summed E-state index contributed by atoms with van der Waals surface area (Å²) in [7, 11) is -9.85. The van der Waals surface area contributed by atoms with E-state index in [4.69, 9.17) is 37.0 Å². The van der Waals surface area contributed by atoms with Crippen LogP contribution in [0.25, 0.3) is 0 Å². The van der Waals surface area contributed by atoms with E-state index < -0.39 is 97.5 Å². The van der Waals surface area contributed by atoms with Crippen molar-refractivity contribution in [2.45, 2.75) is 265 Å².